The van der Waals surface area contributed by atoms with Crippen molar-refractivity contribution in [1.82, 2.24) is 0 Å². The van der Waals surface area contributed by atoms with E-state index in [1.165, 1.54) is 109 Å². The van der Waals surface area contributed by atoms with E-state index in [0.717, 1.165) is 89.9 Å². The normalized spacial score (nSPS) is 12.7. The fraction of sp³-hybridized carbons (Fsp3) is 0.707. The van der Waals surface area contributed by atoms with E-state index in [9.17, 15) is 14.4 Å². The summed E-state index contributed by atoms with van der Waals surface area (Å²) >= 11 is 0. The van der Waals surface area contributed by atoms with Gasteiger partial charge in [0.25, 0.3) is 0 Å². The van der Waals surface area contributed by atoms with E-state index in [1.54, 1.807) is 0 Å². The molecule has 0 aliphatic heterocycles. The molecule has 0 aromatic rings. The van der Waals surface area contributed by atoms with E-state index in [2.05, 4.69) is 93.7 Å². The summed E-state index contributed by atoms with van der Waals surface area (Å²) in [6.07, 6.45) is 67.3. The molecular formula is C58H98O6. The van der Waals surface area contributed by atoms with Gasteiger partial charge in [-0.05, 0) is 83.5 Å². The molecule has 0 aromatic carbocycles. The van der Waals surface area contributed by atoms with E-state index >= 15 is 0 Å². The minimum atomic E-state index is -0.818. The predicted molar refractivity (Wildman–Crippen MR) is 274 cm³/mol. The minimum Gasteiger partial charge on any atom is -0.462 e. The van der Waals surface area contributed by atoms with Crippen molar-refractivity contribution < 1.29 is 28.6 Å². The first-order chi connectivity index (χ1) is 31.5. The van der Waals surface area contributed by atoms with Crippen molar-refractivity contribution in [3.05, 3.63) is 85.1 Å². The predicted octanol–water partition coefficient (Wildman–Crippen LogP) is 17.6. The summed E-state index contributed by atoms with van der Waals surface area (Å²) in [7, 11) is 0. The second kappa shape index (κ2) is 52.2. The molecule has 0 aromatic heterocycles. The zero-order valence-electron chi connectivity index (χ0n) is 41.8. The van der Waals surface area contributed by atoms with Crippen molar-refractivity contribution in [2.24, 2.45) is 0 Å². The highest BCUT2D eigenvalue weighted by Crippen LogP contribution is 2.14. The van der Waals surface area contributed by atoms with Gasteiger partial charge >= 0.3 is 17.9 Å². The molecule has 0 radical (unpaired) electrons. The molecule has 366 valence electrons. The van der Waals surface area contributed by atoms with Gasteiger partial charge in [-0.2, -0.15) is 0 Å². The summed E-state index contributed by atoms with van der Waals surface area (Å²) < 4.78 is 16.7. The summed E-state index contributed by atoms with van der Waals surface area (Å²) in [5.41, 5.74) is 0. The monoisotopic (exact) mass is 891 g/mol. The van der Waals surface area contributed by atoms with Crippen LogP contribution in [0.4, 0.5) is 0 Å². The van der Waals surface area contributed by atoms with Crippen LogP contribution in [0, 0.1) is 0 Å². The largest absolute Gasteiger partial charge is 0.462 e. The molecule has 0 spiro atoms. The standard InChI is InChI=1S/C58H98O6/c1-4-7-10-13-16-19-22-25-26-27-28-29-30-31-32-34-36-39-42-45-48-51-57(60)63-54-55(53-62-56(59)50-47-44-41-38-35-24-21-18-15-12-9-6-3)64-58(61)52-49-46-43-40-37-33-23-20-17-14-11-8-5-2/h8,11,17,20,22,25,27-28,30-31,33,37,43,46,55H,4-7,9-10,12-16,18-19,21,23-24,26,29,32,34-36,38-42,44-45,47-54H2,1-3H3/b11-8-,20-17-,25-22-,28-27-,31-30-,37-33-,46-43-. The Bertz CT molecular complexity index is 1250. The van der Waals surface area contributed by atoms with E-state index in [0.29, 0.717) is 19.3 Å². The molecule has 64 heavy (non-hydrogen) atoms. The van der Waals surface area contributed by atoms with Gasteiger partial charge in [0.05, 0.1) is 0 Å². The molecular weight excluding hydrogens is 793 g/mol. The fourth-order valence-electron chi connectivity index (χ4n) is 7.17. The molecule has 1 unspecified atom stereocenters. The number of rotatable bonds is 47. The van der Waals surface area contributed by atoms with Crippen LogP contribution < -0.4 is 0 Å². The molecule has 0 rings (SSSR count). The zero-order chi connectivity index (χ0) is 46.5. The van der Waals surface area contributed by atoms with E-state index in [4.69, 9.17) is 14.2 Å². The van der Waals surface area contributed by atoms with E-state index in [-0.39, 0.29) is 31.6 Å². The Labute approximate surface area is 395 Å². The van der Waals surface area contributed by atoms with Crippen LogP contribution in [0.5, 0.6) is 0 Å². The molecule has 0 saturated carbocycles. The lowest BCUT2D eigenvalue weighted by molar-refractivity contribution is -0.166. The van der Waals surface area contributed by atoms with Crippen LogP contribution >= 0.6 is 0 Å². The van der Waals surface area contributed by atoms with Gasteiger partial charge in [-0.25, -0.2) is 0 Å². The maximum Gasteiger partial charge on any atom is 0.306 e. The van der Waals surface area contributed by atoms with Crippen LogP contribution in [0.25, 0.3) is 0 Å². The minimum absolute atomic E-state index is 0.108. The molecule has 6 heteroatoms. The van der Waals surface area contributed by atoms with Gasteiger partial charge in [-0.15, -0.1) is 0 Å². The quantitative estimate of drug-likeness (QED) is 0.0262. The van der Waals surface area contributed by atoms with Gasteiger partial charge < -0.3 is 14.2 Å². The van der Waals surface area contributed by atoms with Gasteiger partial charge in [0.15, 0.2) is 6.10 Å². The van der Waals surface area contributed by atoms with Crippen LogP contribution in [0.3, 0.4) is 0 Å². The third kappa shape index (κ3) is 49.6. The Morgan fingerprint density at radius 1 is 0.328 bits per heavy atom. The van der Waals surface area contributed by atoms with Crippen molar-refractivity contribution in [2.45, 2.75) is 252 Å². The highest BCUT2D eigenvalue weighted by Gasteiger charge is 2.19. The Morgan fingerprint density at radius 3 is 1.02 bits per heavy atom. The van der Waals surface area contributed by atoms with Gasteiger partial charge in [0.2, 0.25) is 0 Å². The van der Waals surface area contributed by atoms with Crippen LogP contribution in [0.2, 0.25) is 0 Å². The Hall–Kier alpha value is -3.41. The van der Waals surface area contributed by atoms with Gasteiger partial charge in [-0.1, -0.05) is 228 Å². The second-order valence-electron chi connectivity index (χ2n) is 17.4. The maximum atomic E-state index is 12.7. The number of esters is 3. The molecule has 0 aliphatic carbocycles. The third-order valence-corrected chi connectivity index (χ3v) is 11.1. The number of unbranched alkanes of at least 4 members (excludes halogenated alkanes) is 22. The van der Waals surface area contributed by atoms with Crippen LogP contribution in [0.15, 0.2) is 85.1 Å². The van der Waals surface area contributed by atoms with Crippen LogP contribution in [-0.4, -0.2) is 37.2 Å². The SMILES string of the molecule is CC/C=C\C/C=C\C/C=C\C/C=C\CCC(=O)OC(COC(=O)CCCCCCCC/C=C\C/C=C\C/C=C\CCCCCCC)COC(=O)CCCCCCCCCCCCCC. The van der Waals surface area contributed by atoms with Crippen molar-refractivity contribution in [1.29, 1.82) is 0 Å². The van der Waals surface area contributed by atoms with Crippen molar-refractivity contribution in [3.63, 3.8) is 0 Å². The Balaban J connectivity index is 4.42. The smallest absolute Gasteiger partial charge is 0.306 e. The molecule has 0 aliphatic rings. The molecule has 1 atom stereocenters. The highest BCUT2D eigenvalue weighted by molar-refractivity contribution is 5.71. The fourth-order valence-corrected chi connectivity index (χ4v) is 7.17. The lowest BCUT2D eigenvalue weighted by Gasteiger charge is -2.18. The Morgan fingerprint density at radius 2 is 0.641 bits per heavy atom. The molecule has 0 heterocycles. The zero-order valence-corrected chi connectivity index (χ0v) is 41.8. The summed E-state index contributed by atoms with van der Waals surface area (Å²) in [5.74, 6) is -1.00. The maximum absolute atomic E-state index is 12.7. The number of allylic oxidation sites excluding steroid dienone is 14. The van der Waals surface area contributed by atoms with Gasteiger partial charge in [0, 0.05) is 19.3 Å². The van der Waals surface area contributed by atoms with Gasteiger partial charge in [0.1, 0.15) is 13.2 Å². The van der Waals surface area contributed by atoms with Crippen molar-refractivity contribution in [3.8, 4) is 0 Å². The van der Waals surface area contributed by atoms with Crippen LogP contribution in [-0.2, 0) is 28.6 Å². The first kappa shape index (κ1) is 60.6. The lowest BCUT2D eigenvalue weighted by Crippen LogP contribution is -2.30. The van der Waals surface area contributed by atoms with Crippen LogP contribution in [0.1, 0.15) is 245 Å². The molecule has 0 fully saturated rings. The molecule has 0 saturated heterocycles. The first-order valence-corrected chi connectivity index (χ1v) is 26.6. The molecule has 6 nitrogen and oxygen atoms in total. The summed E-state index contributed by atoms with van der Waals surface area (Å²) in [4.78, 5) is 37.9. The number of hydrogen-bond acceptors (Lipinski definition) is 6. The molecule has 0 bridgehead atoms. The average Bonchev–Trinajstić information content (AvgIpc) is 3.29. The Kier molecular flexibility index (Phi) is 49.4. The van der Waals surface area contributed by atoms with E-state index < -0.39 is 12.1 Å². The number of hydrogen-bond donors (Lipinski definition) is 0. The van der Waals surface area contributed by atoms with E-state index in [1.807, 2.05) is 12.2 Å². The first-order valence-electron chi connectivity index (χ1n) is 26.6. The average molecular weight is 891 g/mol. The third-order valence-electron chi connectivity index (χ3n) is 11.1. The highest BCUT2D eigenvalue weighted by atomic mass is 16.6. The summed E-state index contributed by atoms with van der Waals surface area (Å²) in [6, 6.07) is 0. The number of carbonyl (C=O) groups is 3. The number of ether oxygens (including phenoxy) is 3. The summed E-state index contributed by atoms with van der Waals surface area (Å²) in [5, 5.41) is 0. The second-order valence-corrected chi connectivity index (χ2v) is 17.4. The molecule has 0 N–H and O–H groups in total. The lowest BCUT2D eigenvalue weighted by atomic mass is 10.0. The van der Waals surface area contributed by atoms with Crippen molar-refractivity contribution >= 4 is 17.9 Å². The topological polar surface area (TPSA) is 78.9 Å². The number of carbonyl (C=O) groups excluding carboxylic acids is 3. The van der Waals surface area contributed by atoms with Crippen molar-refractivity contribution in [2.75, 3.05) is 13.2 Å². The molecule has 0 amide bonds. The van der Waals surface area contributed by atoms with Gasteiger partial charge in [-0.3, -0.25) is 14.4 Å². The summed E-state index contributed by atoms with van der Waals surface area (Å²) in [6.45, 7) is 6.43.